The molecule has 0 spiro atoms. The fraction of sp³-hybridized carbons (Fsp3) is 0.857. The van der Waals surface area contributed by atoms with Crippen molar-refractivity contribution in [2.45, 2.75) is 57.4 Å². The van der Waals surface area contributed by atoms with E-state index >= 15 is 0 Å². The van der Waals surface area contributed by atoms with Gasteiger partial charge in [-0.2, -0.15) is 0 Å². The summed E-state index contributed by atoms with van der Waals surface area (Å²) in [5, 5.41) is 18.7. The molecule has 2 fully saturated rings. The lowest BCUT2D eigenvalue weighted by molar-refractivity contribution is -0.154. The van der Waals surface area contributed by atoms with Gasteiger partial charge in [-0.1, -0.05) is 12.8 Å². The molecule has 1 heterocycles. The number of carboxylic acid groups (broad SMARTS) is 1. The van der Waals surface area contributed by atoms with Gasteiger partial charge in [-0.15, -0.1) is 0 Å². The third-order valence-corrected chi connectivity index (χ3v) is 4.66. The van der Waals surface area contributed by atoms with Crippen molar-refractivity contribution in [1.29, 1.82) is 0 Å². The van der Waals surface area contributed by atoms with Crippen LogP contribution in [0.4, 0.5) is 0 Å². The van der Waals surface area contributed by atoms with Gasteiger partial charge in [-0.25, -0.2) is 0 Å². The maximum Gasteiger partial charge on any atom is 0.310 e. The molecule has 5 nitrogen and oxygen atoms in total. The number of carbonyl (C=O) groups excluding carboxylic acids is 1. The molecule has 0 aromatic carbocycles. The van der Waals surface area contributed by atoms with Crippen molar-refractivity contribution in [1.82, 2.24) is 4.90 Å². The maximum atomic E-state index is 12.4. The first-order chi connectivity index (χ1) is 9.09. The Morgan fingerprint density at radius 1 is 1.16 bits per heavy atom. The normalized spacial score (nSPS) is 26.4. The van der Waals surface area contributed by atoms with Crippen LogP contribution in [-0.4, -0.2) is 46.2 Å². The number of nitrogens with zero attached hydrogens (tertiary/aromatic N) is 1. The van der Waals surface area contributed by atoms with Crippen LogP contribution in [0, 0.1) is 5.41 Å². The van der Waals surface area contributed by atoms with Crippen molar-refractivity contribution in [2.24, 2.45) is 5.41 Å². The number of piperidine rings is 1. The van der Waals surface area contributed by atoms with Crippen LogP contribution in [0.25, 0.3) is 0 Å². The van der Waals surface area contributed by atoms with E-state index in [9.17, 15) is 19.8 Å². The van der Waals surface area contributed by atoms with Crippen molar-refractivity contribution in [3.05, 3.63) is 0 Å². The van der Waals surface area contributed by atoms with Gasteiger partial charge in [0.2, 0.25) is 5.91 Å². The number of likely N-dealkylation sites (tertiary alicyclic amines) is 1. The number of carboxylic acids is 1. The monoisotopic (exact) mass is 269 g/mol. The predicted molar refractivity (Wildman–Crippen MR) is 69.6 cm³/mol. The molecular weight excluding hydrogens is 246 g/mol. The molecule has 1 aliphatic carbocycles. The number of carbonyl (C=O) groups is 2. The van der Waals surface area contributed by atoms with E-state index in [1.165, 1.54) is 0 Å². The summed E-state index contributed by atoms with van der Waals surface area (Å²) >= 11 is 0. The van der Waals surface area contributed by atoms with E-state index < -0.39 is 11.4 Å². The van der Waals surface area contributed by atoms with Gasteiger partial charge < -0.3 is 15.1 Å². The molecule has 0 aromatic rings. The Hall–Kier alpha value is -1.10. The van der Waals surface area contributed by atoms with Crippen LogP contribution in [0.2, 0.25) is 0 Å². The van der Waals surface area contributed by atoms with Gasteiger partial charge in [0.25, 0.3) is 0 Å². The lowest BCUT2D eigenvalue weighted by Gasteiger charge is -2.36. The molecule has 2 rings (SSSR count). The number of hydrogen-bond acceptors (Lipinski definition) is 3. The second kappa shape index (κ2) is 5.90. The summed E-state index contributed by atoms with van der Waals surface area (Å²) < 4.78 is 0. The molecule has 5 heteroatoms. The van der Waals surface area contributed by atoms with Gasteiger partial charge in [0.1, 0.15) is 0 Å². The first-order valence-electron chi connectivity index (χ1n) is 7.23. The number of amides is 1. The van der Waals surface area contributed by atoms with Crippen molar-refractivity contribution >= 4 is 11.9 Å². The summed E-state index contributed by atoms with van der Waals surface area (Å²) in [6.07, 6.45) is 5.88. The number of aliphatic hydroxyl groups is 1. The van der Waals surface area contributed by atoms with Crippen LogP contribution in [0.1, 0.15) is 51.4 Å². The highest BCUT2D eigenvalue weighted by atomic mass is 16.4. The Morgan fingerprint density at radius 3 is 2.42 bits per heavy atom. The molecule has 19 heavy (non-hydrogen) atoms. The number of aliphatic hydroxyl groups excluding tert-OH is 1. The third-order valence-electron chi connectivity index (χ3n) is 4.66. The van der Waals surface area contributed by atoms with Crippen molar-refractivity contribution in [3.63, 3.8) is 0 Å². The molecule has 0 bridgehead atoms. The molecular formula is C14H23NO4. The minimum atomic E-state index is -0.853. The van der Waals surface area contributed by atoms with E-state index in [-0.39, 0.29) is 25.0 Å². The first kappa shape index (κ1) is 14.3. The minimum Gasteiger partial charge on any atom is -0.481 e. The highest BCUT2D eigenvalue weighted by Crippen LogP contribution is 2.42. The molecule has 0 aromatic heterocycles. The molecule has 2 N–H and O–H groups in total. The zero-order chi connectivity index (χ0) is 13.9. The van der Waals surface area contributed by atoms with E-state index in [4.69, 9.17) is 0 Å². The van der Waals surface area contributed by atoms with Crippen molar-refractivity contribution in [2.75, 3.05) is 13.2 Å². The predicted octanol–water partition coefficient (Wildman–Crippen LogP) is 1.39. The van der Waals surface area contributed by atoms with Crippen LogP contribution in [0.15, 0.2) is 0 Å². The zero-order valence-electron chi connectivity index (χ0n) is 11.3. The average molecular weight is 269 g/mol. The SMILES string of the molecule is O=C(CC1(C(=O)O)CCCC1)N1CCCCC1CO. The van der Waals surface area contributed by atoms with E-state index in [1.807, 2.05) is 0 Å². The van der Waals surface area contributed by atoms with Crippen LogP contribution in [0.5, 0.6) is 0 Å². The van der Waals surface area contributed by atoms with Crippen LogP contribution < -0.4 is 0 Å². The summed E-state index contributed by atoms with van der Waals surface area (Å²) in [6.45, 7) is 0.631. The number of aliphatic carboxylic acids is 1. The highest BCUT2D eigenvalue weighted by molar-refractivity contribution is 5.85. The van der Waals surface area contributed by atoms with Gasteiger partial charge in [0.05, 0.1) is 18.1 Å². The fourth-order valence-electron chi connectivity index (χ4n) is 3.43. The largest absolute Gasteiger partial charge is 0.481 e. The molecule has 108 valence electrons. The molecule has 1 saturated carbocycles. The first-order valence-corrected chi connectivity index (χ1v) is 7.23. The maximum absolute atomic E-state index is 12.4. The Balaban J connectivity index is 2.04. The zero-order valence-corrected chi connectivity index (χ0v) is 11.3. The van der Waals surface area contributed by atoms with E-state index in [0.29, 0.717) is 19.4 Å². The molecule has 1 unspecified atom stereocenters. The smallest absolute Gasteiger partial charge is 0.310 e. The second-order valence-electron chi connectivity index (χ2n) is 5.89. The molecule has 0 radical (unpaired) electrons. The fourth-order valence-corrected chi connectivity index (χ4v) is 3.43. The van der Waals surface area contributed by atoms with E-state index in [1.54, 1.807) is 4.90 Å². The molecule has 1 saturated heterocycles. The summed E-state index contributed by atoms with van der Waals surface area (Å²) in [7, 11) is 0. The minimum absolute atomic E-state index is 0.0220. The highest BCUT2D eigenvalue weighted by Gasteiger charge is 2.44. The van der Waals surface area contributed by atoms with Crippen molar-refractivity contribution < 1.29 is 19.8 Å². The molecule has 1 atom stereocenters. The summed E-state index contributed by atoms with van der Waals surface area (Å²) in [5.41, 5.74) is -0.853. The summed E-state index contributed by atoms with van der Waals surface area (Å²) in [4.78, 5) is 25.6. The van der Waals surface area contributed by atoms with Gasteiger partial charge >= 0.3 is 5.97 Å². The summed E-state index contributed by atoms with van der Waals surface area (Å²) in [5.74, 6) is -0.932. The Bertz CT molecular complexity index is 349. The van der Waals surface area contributed by atoms with E-state index in [0.717, 1.165) is 32.1 Å². The van der Waals surface area contributed by atoms with Gasteiger partial charge in [0, 0.05) is 13.0 Å². The van der Waals surface area contributed by atoms with Crippen molar-refractivity contribution in [3.8, 4) is 0 Å². The third kappa shape index (κ3) is 2.91. The molecule has 1 aliphatic heterocycles. The average Bonchev–Trinajstić information content (AvgIpc) is 2.88. The molecule has 1 amide bonds. The second-order valence-corrected chi connectivity index (χ2v) is 5.89. The van der Waals surface area contributed by atoms with Crippen LogP contribution in [-0.2, 0) is 9.59 Å². The Kier molecular flexibility index (Phi) is 4.45. The van der Waals surface area contributed by atoms with Crippen LogP contribution >= 0.6 is 0 Å². The Morgan fingerprint density at radius 2 is 1.84 bits per heavy atom. The summed E-state index contributed by atoms with van der Waals surface area (Å²) in [6, 6.07) is -0.117. The number of hydrogen-bond donors (Lipinski definition) is 2. The van der Waals surface area contributed by atoms with Crippen LogP contribution in [0.3, 0.4) is 0 Å². The van der Waals surface area contributed by atoms with Gasteiger partial charge in [-0.3, -0.25) is 9.59 Å². The topological polar surface area (TPSA) is 77.8 Å². The van der Waals surface area contributed by atoms with E-state index in [2.05, 4.69) is 0 Å². The van der Waals surface area contributed by atoms with Gasteiger partial charge in [0.15, 0.2) is 0 Å². The quantitative estimate of drug-likeness (QED) is 0.808. The van der Waals surface area contributed by atoms with Gasteiger partial charge in [-0.05, 0) is 32.1 Å². The lowest BCUT2D eigenvalue weighted by Crippen LogP contribution is -2.47. The molecule has 2 aliphatic rings. The lowest BCUT2D eigenvalue weighted by atomic mass is 9.82. The number of rotatable bonds is 4. The Labute approximate surface area is 113 Å². The standard InChI is InChI=1S/C14H23NO4/c16-10-11-5-1-4-8-15(11)12(17)9-14(13(18)19)6-2-3-7-14/h11,16H,1-10H2,(H,18,19).